The molecule has 0 bridgehead atoms. The van der Waals surface area contributed by atoms with Crippen LogP contribution >= 0.6 is 38.4 Å². The normalized spacial score (nSPS) is 13.0. The summed E-state index contributed by atoms with van der Waals surface area (Å²) in [4.78, 5) is 0. The zero-order chi connectivity index (χ0) is 8.27. The molecule has 0 saturated heterocycles. The first-order chi connectivity index (χ1) is 5.25. The van der Waals surface area contributed by atoms with E-state index in [1.807, 2.05) is 12.1 Å². The van der Waals surface area contributed by atoms with Gasteiger partial charge < -0.3 is 0 Å². The second-order valence-electron chi connectivity index (χ2n) is 2.27. The summed E-state index contributed by atoms with van der Waals surface area (Å²) in [6.07, 6.45) is 0. The third kappa shape index (κ3) is 2.42. The molecule has 0 spiro atoms. The lowest BCUT2D eigenvalue weighted by atomic mass is 10.2. The van der Waals surface area contributed by atoms with Crippen LogP contribution in [0.2, 0.25) is 0 Å². The summed E-state index contributed by atoms with van der Waals surface area (Å²) in [5.41, 5.74) is 1.30. The predicted octanol–water partition coefficient (Wildman–Crippen LogP) is 4.09. The fraction of sp³-hybridized carbons (Fsp3) is 0.250. The molecular formula is C8H9BrS2. The zero-order valence-electron chi connectivity index (χ0n) is 6.12. The van der Waals surface area contributed by atoms with Crippen LogP contribution in [-0.2, 0) is 0 Å². The number of rotatable bonds is 2. The Morgan fingerprint density at radius 3 is 2.64 bits per heavy atom. The minimum absolute atomic E-state index is 0.439. The average molecular weight is 249 g/mol. The lowest BCUT2D eigenvalue weighted by molar-refractivity contribution is 1.10. The Morgan fingerprint density at radius 1 is 1.45 bits per heavy atom. The number of hydrogen-bond donors (Lipinski definition) is 1. The molecular weight excluding hydrogens is 240 g/mol. The molecule has 0 saturated carbocycles. The van der Waals surface area contributed by atoms with E-state index in [4.69, 9.17) is 0 Å². The van der Waals surface area contributed by atoms with Crippen molar-refractivity contribution < 1.29 is 0 Å². The Labute approximate surface area is 84.7 Å². The molecule has 0 N–H and O–H groups in total. The van der Waals surface area contributed by atoms with Gasteiger partial charge in [0, 0.05) is 9.72 Å². The Kier molecular flexibility index (Phi) is 3.82. The smallest absolute Gasteiger partial charge is 0.0381 e. The van der Waals surface area contributed by atoms with Crippen molar-refractivity contribution in [2.45, 2.75) is 12.2 Å². The van der Waals surface area contributed by atoms with Gasteiger partial charge >= 0.3 is 0 Å². The zero-order valence-corrected chi connectivity index (χ0v) is 9.42. The van der Waals surface area contributed by atoms with E-state index in [1.54, 1.807) is 10.8 Å². The third-order valence-electron chi connectivity index (χ3n) is 1.50. The first-order valence-corrected chi connectivity index (χ1v) is 6.03. The van der Waals surface area contributed by atoms with Gasteiger partial charge in [0.2, 0.25) is 0 Å². The Morgan fingerprint density at radius 2 is 2.09 bits per heavy atom. The van der Waals surface area contributed by atoms with E-state index in [0.29, 0.717) is 5.25 Å². The van der Waals surface area contributed by atoms with Crippen LogP contribution in [0.25, 0.3) is 0 Å². The van der Waals surface area contributed by atoms with Crippen molar-refractivity contribution in [3.05, 3.63) is 34.3 Å². The van der Waals surface area contributed by atoms with Crippen molar-refractivity contribution >= 4 is 38.4 Å². The van der Waals surface area contributed by atoms with E-state index in [0.717, 1.165) is 4.47 Å². The van der Waals surface area contributed by atoms with Crippen LogP contribution in [0.1, 0.15) is 17.7 Å². The van der Waals surface area contributed by atoms with Crippen LogP contribution in [0.3, 0.4) is 0 Å². The Hall–Kier alpha value is 0.400. The summed E-state index contributed by atoms with van der Waals surface area (Å²) in [5.74, 6) is 0. The summed E-state index contributed by atoms with van der Waals surface area (Å²) in [6, 6.07) is 8.22. The van der Waals surface area contributed by atoms with Gasteiger partial charge in [-0.2, -0.15) is 0 Å². The molecule has 0 radical (unpaired) electrons. The van der Waals surface area contributed by atoms with Crippen LogP contribution in [0.15, 0.2) is 28.7 Å². The molecule has 0 amide bonds. The molecule has 0 fully saturated rings. The Bertz CT molecular complexity index is 237. The monoisotopic (exact) mass is 248 g/mol. The number of hydrogen-bond acceptors (Lipinski definition) is 2. The highest BCUT2D eigenvalue weighted by atomic mass is 79.9. The molecule has 3 heteroatoms. The highest BCUT2D eigenvalue weighted by molar-refractivity contribution is 9.10. The summed E-state index contributed by atoms with van der Waals surface area (Å²) < 4.78 is 1.16. The molecule has 0 aliphatic carbocycles. The van der Waals surface area contributed by atoms with Crippen molar-refractivity contribution in [1.29, 1.82) is 0 Å². The number of halogens is 1. The van der Waals surface area contributed by atoms with Crippen molar-refractivity contribution in [3.63, 3.8) is 0 Å². The van der Waals surface area contributed by atoms with Gasteiger partial charge in [0.25, 0.3) is 0 Å². The fourth-order valence-electron chi connectivity index (χ4n) is 0.862. The summed E-state index contributed by atoms with van der Waals surface area (Å²) in [5, 5.41) is 0.439. The summed E-state index contributed by atoms with van der Waals surface area (Å²) in [6.45, 7) is 2.14. The van der Waals surface area contributed by atoms with Crippen molar-refractivity contribution in [1.82, 2.24) is 0 Å². The second-order valence-corrected chi connectivity index (χ2v) is 4.67. The van der Waals surface area contributed by atoms with E-state index in [9.17, 15) is 0 Å². The van der Waals surface area contributed by atoms with Crippen LogP contribution in [-0.4, -0.2) is 0 Å². The first-order valence-electron chi connectivity index (χ1n) is 3.30. The van der Waals surface area contributed by atoms with Gasteiger partial charge in [-0.1, -0.05) is 44.9 Å². The SMILES string of the molecule is CC(SS)c1ccccc1Br. The minimum atomic E-state index is 0.439. The van der Waals surface area contributed by atoms with Crippen LogP contribution in [0.5, 0.6) is 0 Å². The second kappa shape index (κ2) is 4.43. The maximum absolute atomic E-state index is 4.17. The average Bonchev–Trinajstić information content (AvgIpc) is 2.04. The van der Waals surface area contributed by atoms with E-state index in [1.165, 1.54) is 5.56 Å². The lowest BCUT2D eigenvalue weighted by Crippen LogP contribution is -1.86. The van der Waals surface area contributed by atoms with Gasteiger partial charge in [-0.15, -0.1) is 11.7 Å². The summed E-state index contributed by atoms with van der Waals surface area (Å²) in [7, 11) is 1.56. The molecule has 1 rings (SSSR count). The molecule has 1 unspecified atom stereocenters. The largest absolute Gasteiger partial charge is 0.111 e. The molecule has 0 aromatic heterocycles. The van der Waals surface area contributed by atoms with Crippen LogP contribution in [0.4, 0.5) is 0 Å². The molecule has 1 aromatic carbocycles. The van der Waals surface area contributed by atoms with Crippen LogP contribution in [0, 0.1) is 0 Å². The van der Waals surface area contributed by atoms with Crippen molar-refractivity contribution in [2.75, 3.05) is 0 Å². The molecule has 0 heterocycles. The summed E-state index contributed by atoms with van der Waals surface area (Å²) >= 11 is 7.66. The van der Waals surface area contributed by atoms with Gasteiger partial charge in [-0.3, -0.25) is 0 Å². The van der Waals surface area contributed by atoms with Crippen molar-refractivity contribution in [3.8, 4) is 0 Å². The maximum atomic E-state index is 4.17. The van der Waals surface area contributed by atoms with E-state index in [-0.39, 0.29) is 0 Å². The molecule has 1 atom stereocenters. The van der Waals surface area contributed by atoms with E-state index < -0.39 is 0 Å². The molecule has 11 heavy (non-hydrogen) atoms. The van der Waals surface area contributed by atoms with Crippen molar-refractivity contribution in [2.24, 2.45) is 0 Å². The highest BCUT2D eigenvalue weighted by Gasteiger charge is 2.06. The van der Waals surface area contributed by atoms with Gasteiger partial charge in [0.1, 0.15) is 0 Å². The minimum Gasteiger partial charge on any atom is -0.111 e. The van der Waals surface area contributed by atoms with Gasteiger partial charge in [-0.05, 0) is 18.6 Å². The number of benzene rings is 1. The molecule has 0 aliphatic heterocycles. The lowest BCUT2D eigenvalue weighted by Gasteiger charge is -2.08. The quantitative estimate of drug-likeness (QED) is 0.608. The first kappa shape index (κ1) is 9.49. The standard InChI is InChI=1S/C8H9BrS2/c1-6(11-10)7-4-2-3-5-8(7)9/h2-6,10H,1H3. The predicted molar refractivity (Wildman–Crippen MR) is 59.1 cm³/mol. The highest BCUT2D eigenvalue weighted by Crippen LogP contribution is 2.34. The molecule has 1 aromatic rings. The maximum Gasteiger partial charge on any atom is 0.0381 e. The van der Waals surface area contributed by atoms with Gasteiger partial charge in [0.15, 0.2) is 0 Å². The Balaban J connectivity index is 2.93. The molecule has 0 aliphatic rings. The molecule has 0 nitrogen and oxygen atoms in total. The topological polar surface area (TPSA) is 0 Å². The van der Waals surface area contributed by atoms with Crippen LogP contribution < -0.4 is 0 Å². The fourth-order valence-corrected chi connectivity index (χ4v) is 2.30. The van der Waals surface area contributed by atoms with E-state index in [2.05, 4.69) is 46.6 Å². The van der Waals surface area contributed by atoms with Gasteiger partial charge in [0.05, 0.1) is 0 Å². The van der Waals surface area contributed by atoms with E-state index >= 15 is 0 Å². The third-order valence-corrected chi connectivity index (χ3v) is 3.74. The molecule has 60 valence electrons. The number of thiol groups is 1. The van der Waals surface area contributed by atoms with Gasteiger partial charge in [-0.25, -0.2) is 0 Å².